The Balaban J connectivity index is 2.23. The van der Waals surface area contributed by atoms with Crippen molar-refractivity contribution in [2.45, 2.75) is 13.0 Å². The molecule has 0 radical (unpaired) electrons. The molecule has 0 heterocycles. The Bertz CT molecular complexity index is 884. The predicted octanol–water partition coefficient (Wildman–Crippen LogP) is 5.21. The van der Waals surface area contributed by atoms with Crippen LogP contribution in [0.25, 0.3) is 0 Å². The van der Waals surface area contributed by atoms with Crippen LogP contribution in [0.3, 0.4) is 0 Å². The van der Waals surface area contributed by atoms with Crippen LogP contribution in [0.2, 0.25) is 0 Å². The van der Waals surface area contributed by atoms with Gasteiger partial charge in [-0.2, -0.15) is 0 Å². The van der Waals surface area contributed by atoms with E-state index in [2.05, 4.69) is 18.4 Å². The van der Waals surface area contributed by atoms with Crippen LogP contribution in [0.1, 0.15) is 28.9 Å². The van der Waals surface area contributed by atoms with Gasteiger partial charge in [0.15, 0.2) is 6.10 Å². The average Bonchev–Trinajstić information content (AvgIpc) is 2.75. The third-order valence-corrected chi connectivity index (χ3v) is 4.66. The lowest BCUT2D eigenvalue weighted by Crippen LogP contribution is -2.12. The molecule has 4 nitrogen and oxygen atoms in total. The minimum absolute atomic E-state index is 0.336. The standard InChI is InChI=1S/C23H22O4S2/c1-3-16-26-20-14-9-8-13-19(20)21(15-10-17-29-23(28)25-4-2)27-22(24)18-11-6-5-7-12-18/h3,5-9,11-14,21H,1,4,16-17H2,2H3. The lowest BCUT2D eigenvalue weighted by molar-refractivity contribution is 0.0404. The van der Waals surface area contributed by atoms with Gasteiger partial charge in [-0.15, -0.1) is 0 Å². The molecule has 2 rings (SSSR count). The molecule has 0 aliphatic rings. The van der Waals surface area contributed by atoms with Gasteiger partial charge in [-0.05, 0) is 37.3 Å². The van der Waals surface area contributed by atoms with Crippen LogP contribution in [0, 0.1) is 11.8 Å². The summed E-state index contributed by atoms with van der Waals surface area (Å²) in [7, 11) is 0. The summed E-state index contributed by atoms with van der Waals surface area (Å²) in [5.74, 6) is 6.58. The summed E-state index contributed by atoms with van der Waals surface area (Å²) in [6.07, 6.45) is 0.864. The molecule has 0 amide bonds. The van der Waals surface area contributed by atoms with Gasteiger partial charge < -0.3 is 14.2 Å². The number of hydrogen-bond donors (Lipinski definition) is 0. The maximum absolute atomic E-state index is 12.6. The number of para-hydroxylation sites is 1. The van der Waals surface area contributed by atoms with Crippen molar-refractivity contribution in [1.82, 2.24) is 0 Å². The first-order valence-electron chi connectivity index (χ1n) is 9.02. The van der Waals surface area contributed by atoms with E-state index in [1.807, 2.05) is 37.3 Å². The molecular formula is C23H22O4S2. The van der Waals surface area contributed by atoms with Crippen LogP contribution in [0.15, 0.2) is 67.3 Å². The summed E-state index contributed by atoms with van der Waals surface area (Å²) in [5.41, 5.74) is 1.12. The minimum atomic E-state index is -0.787. The van der Waals surface area contributed by atoms with Crippen molar-refractivity contribution in [2.24, 2.45) is 0 Å². The third-order valence-electron chi connectivity index (χ3n) is 3.55. The van der Waals surface area contributed by atoms with Gasteiger partial charge in [0.25, 0.3) is 0 Å². The predicted molar refractivity (Wildman–Crippen MR) is 121 cm³/mol. The van der Waals surface area contributed by atoms with E-state index in [1.165, 1.54) is 11.8 Å². The molecule has 0 saturated carbocycles. The molecule has 0 aliphatic carbocycles. The molecule has 2 aromatic rings. The fourth-order valence-corrected chi connectivity index (χ4v) is 3.06. The van der Waals surface area contributed by atoms with Gasteiger partial charge in [0.05, 0.1) is 17.9 Å². The normalized spacial score (nSPS) is 10.8. The van der Waals surface area contributed by atoms with Crippen LogP contribution in [-0.2, 0) is 9.47 Å². The SMILES string of the molecule is C=CCOc1ccccc1C(C#CCSC(=S)OCC)OC(=O)c1ccccc1. The molecule has 29 heavy (non-hydrogen) atoms. The van der Waals surface area contributed by atoms with Gasteiger partial charge in [0.1, 0.15) is 12.4 Å². The van der Waals surface area contributed by atoms with E-state index in [-0.39, 0.29) is 0 Å². The zero-order valence-electron chi connectivity index (χ0n) is 16.1. The lowest BCUT2D eigenvalue weighted by atomic mass is 10.1. The zero-order valence-corrected chi connectivity index (χ0v) is 17.8. The molecule has 0 aliphatic heterocycles. The average molecular weight is 427 g/mol. The highest BCUT2D eigenvalue weighted by molar-refractivity contribution is 8.22. The van der Waals surface area contributed by atoms with E-state index in [0.717, 1.165) is 0 Å². The van der Waals surface area contributed by atoms with Gasteiger partial charge in [-0.3, -0.25) is 0 Å². The number of carbonyl (C=O) groups excluding carboxylic acids is 1. The molecule has 6 heteroatoms. The molecule has 0 aromatic heterocycles. The second kappa shape index (κ2) is 12.7. The van der Waals surface area contributed by atoms with Crippen molar-refractivity contribution in [1.29, 1.82) is 0 Å². The summed E-state index contributed by atoms with van der Waals surface area (Å²) in [6, 6.07) is 16.1. The van der Waals surface area contributed by atoms with Gasteiger partial charge in [-0.1, -0.05) is 72.7 Å². The van der Waals surface area contributed by atoms with E-state index in [9.17, 15) is 4.79 Å². The largest absolute Gasteiger partial charge is 0.489 e. The number of rotatable bonds is 8. The van der Waals surface area contributed by atoms with Crippen molar-refractivity contribution >= 4 is 34.3 Å². The van der Waals surface area contributed by atoms with Crippen molar-refractivity contribution < 1.29 is 19.0 Å². The van der Waals surface area contributed by atoms with Gasteiger partial charge in [0.2, 0.25) is 4.38 Å². The first-order chi connectivity index (χ1) is 14.2. The zero-order chi connectivity index (χ0) is 20.9. The first-order valence-corrected chi connectivity index (χ1v) is 10.4. The number of thioether (sulfide) groups is 1. The highest BCUT2D eigenvalue weighted by Gasteiger charge is 2.19. The highest BCUT2D eigenvalue weighted by atomic mass is 32.2. The number of esters is 1. The second-order valence-corrected chi connectivity index (χ2v) is 7.16. The number of carbonyl (C=O) groups is 1. The van der Waals surface area contributed by atoms with E-state index in [0.29, 0.717) is 40.2 Å². The Kier molecular flexibility index (Phi) is 9.84. The molecular weight excluding hydrogens is 404 g/mol. The Morgan fingerprint density at radius 2 is 1.93 bits per heavy atom. The van der Waals surface area contributed by atoms with Crippen LogP contribution < -0.4 is 4.74 Å². The van der Waals surface area contributed by atoms with Crippen molar-refractivity contribution in [3.05, 3.63) is 78.4 Å². The maximum Gasteiger partial charge on any atom is 0.339 e. The number of ether oxygens (including phenoxy) is 3. The smallest absolute Gasteiger partial charge is 0.339 e. The van der Waals surface area contributed by atoms with Crippen LogP contribution in [0.4, 0.5) is 0 Å². The topological polar surface area (TPSA) is 44.8 Å². The van der Waals surface area contributed by atoms with Crippen LogP contribution in [-0.4, -0.2) is 29.3 Å². The Hall–Kier alpha value is -2.75. The molecule has 0 fully saturated rings. The Morgan fingerprint density at radius 3 is 2.66 bits per heavy atom. The Morgan fingerprint density at radius 1 is 1.21 bits per heavy atom. The van der Waals surface area contributed by atoms with Crippen molar-refractivity contribution in [2.75, 3.05) is 19.0 Å². The summed E-state index contributed by atoms with van der Waals surface area (Å²) < 4.78 is 17.1. The molecule has 0 spiro atoms. The van der Waals surface area contributed by atoms with Crippen LogP contribution in [0.5, 0.6) is 5.75 Å². The molecule has 0 N–H and O–H groups in total. The monoisotopic (exact) mass is 426 g/mol. The number of thiocarbonyl (C=S) groups is 1. The van der Waals surface area contributed by atoms with E-state index in [1.54, 1.807) is 30.3 Å². The van der Waals surface area contributed by atoms with Crippen molar-refractivity contribution in [3.8, 4) is 17.6 Å². The third kappa shape index (κ3) is 7.65. The summed E-state index contributed by atoms with van der Waals surface area (Å²) >= 11 is 6.41. The Labute approximate surface area is 181 Å². The van der Waals surface area contributed by atoms with Gasteiger partial charge in [-0.25, -0.2) is 4.79 Å². The van der Waals surface area contributed by atoms with Gasteiger partial charge >= 0.3 is 5.97 Å². The highest BCUT2D eigenvalue weighted by Crippen LogP contribution is 2.28. The second-order valence-electron chi connectivity index (χ2n) is 5.58. The van der Waals surface area contributed by atoms with E-state index < -0.39 is 12.1 Å². The summed E-state index contributed by atoms with van der Waals surface area (Å²) in [6.45, 7) is 6.39. The molecule has 0 bridgehead atoms. The molecule has 2 aromatic carbocycles. The summed E-state index contributed by atoms with van der Waals surface area (Å²) in [4.78, 5) is 12.6. The van der Waals surface area contributed by atoms with E-state index >= 15 is 0 Å². The summed E-state index contributed by atoms with van der Waals surface area (Å²) in [5, 5.41) is 0. The first kappa shape index (κ1) is 22.5. The van der Waals surface area contributed by atoms with E-state index in [4.69, 9.17) is 26.4 Å². The minimum Gasteiger partial charge on any atom is -0.489 e. The van der Waals surface area contributed by atoms with Crippen molar-refractivity contribution in [3.63, 3.8) is 0 Å². The van der Waals surface area contributed by atoms with Gasteiger partial charge in [0, 0.05) is 5.56 Å². The number of hydrogen-bond acceptors (Lipinski definition) is 6. The van der Waals surface area contributed by atoms with Crippen LogP contribution >= 0.6 is 24.0 Å². The number of benzene rings is 2. The molecule has 150 valence electrons. The fraction of sp³-hybridized carbons (Fsp3) is 0.217. The molecule has 0 saturated heterocycles. The fourth-order valence-electron chi connectivity index (χ4n) is 2.29. The maximum atomic E-state index is 12.6. The lowest BCUT2D eigenvalue weighted by Gasteiger charge is -2.17. The molecule has 1 unspecified atom stereocenters. The molecule has 1 atom stereocenters. The quantitative estimate of drug-likeness (QED) is 0.250.